The first-order chi connectivity index (χ1) is 9.93. The number of hydrogen-bond donors (Lipinski definition) is 1. The van der Waals surface area contributed by atoms with E-state index in [9.17, 15) is 18.9 Å². The lowest BCUT2D eigenvalue weighted by atomic mass is 10.2. The molecule has 0 saturated carbocycles. The lowest BCUT2D eigenvalue weighted by Gasteiger charge is -2.05. The van der Waals surface area contributed by atoms with Crippen molar-refractivity contribution in [2.24, 2.45) is 0 Å². The van der Waals surface area contributed by atoms with E-state index in [0.29, 0.717) is 12.2 Å². The highest BCUT2D eigenvalue weighted by Crippen LogP contribution is 2.42. The number of nitrogens with zero attached hydrogens (tertiary/aromatic N) is 1. The van der Waals surface area contributed by atoms with Crippen LogP contribution in [0.5, 0.6) is 11.5 Å². The molecule has 1 aliphatic rings. The summed E-state index contributed by atoms with van der Waals surface area (Å²) in [6.45, 7) is 0.334. The van der Waals surface area contributed by atoms with Gasteiger partial charge in [0, 0.05) is 29.7 Å². The molecule has 1 aliphatic heterocycles. The maximum absolute atomic E-state index is 12.9. The smallest absolute Gasteiger partial charge is 0.395 e. The van der Waals surface area contributed by atoms with Crippen LogP contribution in [0.3, 0.4) is 0 Å². The fourth-order valence-electron chi connectivity index (χ4n) is 1.81. The Kier molecular flexibility index (Phi) is 3.13. The molecule has 0 aliphatic carbocycles. The van der Waals surface area contributed by atoms with Gasteiger partial charge in [-0.05, 0) is 17.7 Å². The topological polar surface area (TPSA) is 73.6 Å². The van der Waals surface area contributed by atoms with Gasteiger partial charge in [-0.1, -0.05) is 11.3 Å². The van der Waals surface area contributed by atoms with Crippen molar-refractivity contribution in [3.05, 3.63) is 45.3 Å². The third kappa shape index (κ3) is 2.87. The van der Waals surface area contributed by atoms with Crippen LogP contribution in [0.25, 0.3) is 0 Å². The van der Waals surface area contributed by atoms with Gasteiger partial charge in [0.25, 0.3) is 0 Å². The van der Waals surface area contributed by atoms with E-state index in [2.05, 4.69) is 14.8 Å². The lowest BCUT2D eigenvalue weighted by Crippen LogP contribution is -2.25. The highest BCUT2D eigenvalue weighted by atomic mass is 32.1. The SMILES string of the molecule is O=[N+]([O-])c1cc(CNc2ccc3c(c2)OC(F)(F)O3)cs1. The molecule has 3 rings (SSSR count). The van der Waals surface area contributed by atoms with E-state index in [0.717, 1.165) is 16.9 Å². The normalized spacial score (nSPS) is 15.0. The first kappa shape index (κ1) is 13.6. The molecule has 0 amide bonds. The zero-order valence-corrected chi connectivity index (χ0v) is 11.2. The van der Waals surface area contributed by atoms with Gasteiger partial charge < -0.3 is 14.8 Å². The van der Waals surface area contributed by atoms with E-state index in [-0.39, 0.29) is 16.5 Å². The Hall–Kier alpha value is -2.42. The second-order valence-corrected chi connectivity index (χ2v) is 5.12. The van der Waals surface area contributed by atoms with E-state index in [1.165, 1.54) is 18.2 Å². The van der Waals surface area contributed by atoms with Crippen LogP contribution in [0.2, 0.25) is 0 Å². The number of nitro groups is 1. The number of benzene rings is 1. The molecule has 0 unspecified atom stereocenters. The maximum atomic E-state index is 12.9. The van der Waals surface area contributed by atoms with E-state index >= 15 is 0 Å². The first-order valence-corrected chi connectivity index (χ1v) is 6.66. The van der Waals surface area contributed by atoms with Crippen molar-refractivity contribution < 1.29 is 23.2 Å². The van der Waals surface area contributed by atoms with Crippen LogP contribution in [0.4, 0.5) is 19.5 Å². The molecule has 0 bridgehead atoms. The fraction of sp³-hybridized carbons (Fsp3) is 0.167. The van der Waals surface area contributed by atoms with Gasteiger partial charge in [0.1, 0.15) is 0 Å². The van der Waals surface area contributed by atoms with Gasteiger partial charge in [0.05, 0.1) is 4.92 Å². The molecule has 0 fully saturated rings. The largest absolute Gasteiger partial charge is 0.586 e. The number of ether oxygens (including phenoxy) is 2. The van der Waals surface area contributed by atoms with Crippen LogP contribution in [0.15, 0.2) is 29.6 Å². The molecule has 2 aromatic rings. The van der Waals surface area contributed by atoms with Crippen molar-refractivity contribution in [2.45, 2.75) is 12.8 Å². The molecular weight excluding hydrogens is 306 g/mol. The van der Waals surface area contributed by atoms with Crippen molar-refractivity contribution in [3.8, 4) is 11.5 Å². The standard InChI is InChI=1S/C12H8F2N2O4S/c13-12(14)19-9-2-1-8(4-10(9)20-12)15-5-7-3-11(16(17)18)21-6-7/h1-4,6,15H,5H2. The Labute approximate surface area is 121 Å². The fourth-order valence-corrected chi connectivity index (χ4v) is 2.54. The predicted octanol–water partition coefficient (Wildman–Crippen LogP) is 3.59. The second kappa shape index (κ2) is 4.85. The molecule has 1 N–H and O–H groups in total. The first-order valence-electron chi connectivity index (χ1n) is 5.78. The summed E-state index contributed by atoms with van der Waals surface area (Å²) >= 11 is 1.03. The number of halogens is 2. The molecule has 0 spiro atoms. The van der Waals surface area contributed by atoms with Crippen molar-refractivity contribution in [1.82, 2.24) is 0 Å². The molecule has 1 aromatic heterocycles. The van der Waals surface area contributed by atoms with Crippen LogP contribution in [0, 0.1) is 10.1 Å². The maximum Gasteiger partial charge on any atom is 0.586 e. The summed E-state index contributed by atoms with van der Waals surface area (Å²) < 4.78 is 34.4. The van der Waals surface area contributed by atoms with E-state index in [1.54, 1.807) is 11.4 Å². The Morgan fingerprint density at radius 3 is 2.76 bits per heavy atom. The monoisotopic (exact) mass is 314 g/mol. The zero-order valence-electron chi connectivity index (χ0n) is 10.3. The van der Waals surface area contributed by atoms with Crippen LogP contribution in [0.1, 0.15) is 5.56 Å². The number of anilines is 1. The number of nitrogens with one attached hydrogen (secondary N) is 1. The van der Waals surface area contributed by atoms with E-state index < -0.39 is 11.2 Å². The quantitative estimate of drug-likeness (QED) is 0.689. The van der Waals surface area contributed by atoms with Crippen LogP contribution in [-0.4, -0.2) is 11.2 Å². The molecule has 2 heterocycles. The average Bonchev–Trinajstić information content (AvgIpc) is 2.98. The van der Waals surface area contributed by atoms with Gasteiger partial charge in [-0.15, -0.1) is 8.78 Å². The Morgan fingerprint density at radius 2 is 2.05 bits per heavy atom. The van der Waals surface area contributed by atoms with Gasteiger partial charge >= 0.3 is 11.3 Å². The lowest BCUT2D eigenvalue weighted by molar-refractivity contribution is -0.380. The number of rotatable bonds is 4. The number of thiophene rings is 1. The van der Waals surface area contributed by atoms with Crippen molar-refractivity contribution >= 4 is 22.0 Å². The van der Waals surface area contributed by atoms with Gasteiger partial charge in [-0.3, -0.25) is 10.1 Å². The molecular formula is C12H8F2N2O4S. The van der Waals surface area contributed by atoms with Gasteiger partial charge in [-0.25, -0.2) is 0 Å². The van der Waals surface area contributed by atoms with E-state index in [4.69, 9.17) is 0 Å². The second-order valence-electron chi connectivity index (χ2n) is 4.23. The molecule has 6 nitrogen and oxygen atoms in total. The molecule has 110 valence electrons. The van der Waals surface area contributed by atoms with Crippen LogP contribution in [-0.2, 0) is 6.54 Å². The summed E-state index contributed by atoms with van der Waals surface area (Å²) in [5.74, 6) is -0.0852. The third-order valence-corrected chi connectivity index (χ3v) is 3.65. The summed E-state index contributed by atoms with van der Waals surface area (Å²) in [7, 11) is 0. The van der Waals surface area contributed by atoms with Gasteiger partial charge in [0.2, 0.25) is 0 Å². The summed E-state index contributed by atoms with van der Waals surface area (Å²) in [6, 6.07) is 5.77. The highest BCUT2D eigenvalue weighted by Gasteiger charge is 2.43. The molecule has 0 atom stereocenters. The molecule has 9 heteroatoms. The highest BCUT2D eigenvalue weighted by molar-refractivity contribution is 7.13. The molecule has 0 saturated heterocycles. The summed E-state index contributed by atoms with van der Waals surface area (Å²) in [5, 5.41) is 15.3. The number of hydrogen-bond acceptors (Lipinski definition) is 6. The Bertz CT molecular complexity index is 704. The summed E-state index contributed by atoms with van der Waals surface area (Å²) in [6.07, 6.45) is -3.64. The minimum absolute atomic E-state index is 0.0308. The van der Waals surface area contributed by atoms with Crippen LogP contribution >= 0.6 is 11.3 Å². The minimum Gasteiger partial charge on any atom is -0.395 e. The summed E-state index contributed by atoms with van der Waals surface area (Å²) in [5.41, 5.74) is 1.28. The van der Waals surface area contributed by atoms with Crippen molar-refractivity contribution in [2.75, 3.05) is 5.32 Å². The number of fused-ring (bicyclic) bond motifs is 1. The third-order valence-electron chi connectivity index (χ3n) is 2.72. The Balaban J connectivity index is 1.68. The van der Waals surface area contributed by atoms with Crippen molar-refractivity contribution in [3.63, 3.8) is 0 Å². The van der Waals surface area contributed by atoms with Crippen LogP contribution < -0.4 is 14.8 Å². The number of alkyl halides is 2. The predicted molar refractivity (Wildman–Crippen MR) is 70.9 cm³/mol. The summed E-state index contributed by atoms with van der Waals surface area (Å²) in [4.78, 5) is 10.1. The van der Waals surface area contributed by atoms with Crippen molar-refractivity contribution in [1.29, 1.82) is 0 Å². The molecule has 1 aromatic carbocycles. The van der Waals surface area contributed by atoms with Gasteiger partial charge in [0.15, 0.2) is 11.5 Å². The zero-order chi connectivity index (χ0) is 15.0. The molecule has 0 radical (unpaired) electrons. The Morgan fingerprint density at radius 1 is 1.29 bits per heavy atom. The molecule has 21 heavy (non-hydrogen) atoms. The van der Waals surface area contributed by atoms with Gasteiger partial charge in [-0.2, -0.15) is 0 Å². The van der Waals surface area contributed by atoms with E-state index in [1.807, 2.05) is 0 Å². The average molecular weight is 314 g/mol. The minimum atomic E-state index is -3.64.